The highest BCUT2D eigenvalue weighted by atomic mass is 32.2. The summed E-state index contributed by atoms with van der Waals surface area (Å²) in [5, 5.41) is 21.1. The highest BCUT2D eigenvalue weighted by molar-refractivity contribution is 7.98. The molecule has 0 aliphatic carbocycles. The molecule has 10 heteroatoms. The Bertz CT molecular complexity index is 1270. The summed E-state index contributed by atoms with van der Waals surface area (Å²) in [6.45, 7) is -0.583. The molecular weight excluding hydrogens is 518 g/mol. The average Bonchev–Trinajstić information content (AvgIpc) is 2.94. The second-order valence-electron chi connectivity index (χ2n) is 8.80. The van der Waals surface area contributed by atoms with E-state index in [9.17, 15) is 24.3 Å². The lowest BCUT2D eigenvalue weighted by atomic mass is 10.0. The lowest BCUT2D eigenvalue weighted by molar-refractivity contribution is -0.139. The fourth-order valence-electron chi connectivity index (χ4n) is 3.91. The first kappa shape index (κ1) is 29.4. The summed E-state index contributed by atoms with van der Waals surface area (Å²) in [5.74, 6) is -2.84. The van der Waals surface area contributed by atoms with Crippen LogP contribution in [0.3, 0.4) is 0 Å². The molecule has 0 fully saturated rings. The van der Waals surface area contributed by atoms with Crippen LogP contribution in [-0.4, -0.2) is 58.3 Å². The van der Waals surface area contributed by atoms with Crippen LogP contribution in [-0.2, 0) is 24.9 Å². The molecule has 2 atom stereocenters. The van der Waals surface area contributed by atoms with Gasteiger partial charge in [-0.2, -0.15) is 11.8 Å². The van der Waals surface area contributed by atoms with Gasteiger partial charge in [0.2, 0.25) is 5.91 Å². The Morgan fingerprint density at radius 2 is 1.49 bits per heavy atom. The molecule has 0 aliphatic heterocycles. The lowest BCUT2D eigenvalue weighted by Crippen LogP contribution is -2.51. The number of aliphatic carboxylic acids is 2. The van der Waals surface area contributed by atoms with Crippen molar-refractivity contribution in [1.29, 1.82) is 0 Å². The van der Waals surface area contributed by atoms with Crippen molar-refractivity contribution in [3.05, 3.63) is 90.5 Å². The number of para-hydroxylation sites is 1. The van der Waals surface area contributed by atoms with Crippen LogP contribution in [0.1, 0.15) is 18.4 Å². The number of nitrogens with one attached hydrogen (secondary N) is 1. The molecule has 0 aromatic heterocycles. The van der Waals surface area contributed by atoms with Crippen LogP contribution in [0.2, 0.25) is 0 Å². The van der Waals surface area contributed by atoms with E-state index in [1.807, 2.05) is 54.6 Å². The number of hydrogen-bond donors (Lipinski definition) is 4. The summed E-state index contributed by atoms with van der Waals surface area (Å²) in [4.78, 5) is 50.0. The molecule has 0 unspecified atom stereocenters. The van der Waals surface area contributed by atoms with Gasteiger partial charge in [0, 0.05) is 23.6 Å². The van der Waals surface area contributed by atoms with Crippen molar-refractivity contribution in [2.24, 2.45) is 5.73 Å². The Hall–Kier alpha value is -4.15. The maximum absolute atomic E-state index is 13.6. The van der Waals surface area contributed by atoms with Crippen molar-refractivity contribution in [2.75, 3.05) is 17.2 Å². The van der Waals surface area contributed by atoms with E-state index in [-0.39, 0.29) is 18.6 Å². The predicted octanol–water partition coefficient (Wildman–Crippen LogP) is 3.38. The van der Waals surface area contributed by atoms with Gasteiger partial charge in [0.25, 0.3) is 5.91 Å². The molecule has 9 nitrogen and oxygen atoms in total. The molecule has 3 aromatic carbocycles. The Balaban J connectivity index is 1.79. The number of carboxylic acids is 2. The van der Waals surface area contributed by atoms with Gasteiger partial charge in [-0.15, -0.1) is 0 Å². The monoisotopic (exact) mass is 549 g/mol. The number of nitrogens with zero attached hydrogens (tertiary/aromatic N) is 1. The summed E-state index contributed by atoms with van der Waals surface area (Å²) in [7, 11) is 0. The normalized spacial score (nSPS) is 12.2. The summed E-state index contributed by atoms with van der Waals surface area (Å²) in [6.07, 6.45) is -0.291. The van der Waals surface area contributed by atoms with Crippen LogP contribution < -0.4 is 16.0 Å². The molecule has 0 bridgehead atoms. The van der Waals surface area contributed by atoms with Gasteiger partial charge in [0.05, 0.1) is 0 Å². The minimum Gasteiger partial charge on any atom is -0.480 e. The molecule has 0 heterocycles. The number of carbonyl (C=O) groups is 4. The fraction of sp³-hybridized carbons (Fsp3) is 0.241. The molecule has 204 valence electrons. The summed E-state index contributed by atoms with van der Waals surface area (Å²) < 4.78 is 0. The molecule has 3 rings (SSSR count). The molecule has 3 aromatic rings. The van der Waals surface area contributed by atoms with Crippen LogP contribution in [0.25, 0.3) is 11.1 Å². The van der Waals surface area contributed by atoms with Gasteiger partial charge >= 0.3 is 11.9 Å². The zero-order valence-electron chi connectivity index (χ0n) is 21.2. The van der Waals surface area contributed by atoms with E-state index in [1.54, 1.807) is 30.3 Å². The van der Waals surface area contributed by atoms with Crippen LogP contribution in [0.15, 0.2) is 84.9 Å². The van der Waals surface area contributed by atoms with Crippen molar-refractivity contribution >= 4 is 41.2 Å². The largest absolute Gasteiger partial charge is 0.480 e. The SMILES string of the molecule is N[C@@H](CCC(=O)N[C@@H](CSCc1ccccc1-c1ccccc1)C(=O)N(CC(=O)O)c1ccccc1)C(=O)O. The molecule has 0 saturated heterocycles. The number of benzene rings is 3. The molecule has 0 radical (unpaired) electrons. The third kappa shape index (κ3) is 8.98. The number of thioether (sulfide) groups is 1. The first-order chi connectivity index (χ1) is 18.8. The maximum atomic E-state index is 13.6. The van der Waals surface area contributed by atoms with Gasteiger partial charge in [-0.25, -0.2) is 0 Å². The number of anilines is 1. The molecule has 39 heavy (non-hydrogen) atoms. The van der Waals surface area contributed by atoms with E-state index >= 15 is 0 Å². The van der Waals surface area contributed by atoms with Crippen molar-refractivity contribution in [1.82, 2.24) is 5.32 Å². The Labute approximate surface area is 231 Å². The number of amides is 2. The second kappa shape index (κ2) is 14.7. The van der Waals surface area contributed by atoms with Gasteiger partial charge in [0.15, 0.2) is 0 Å². The summed E-state index contributed by atoms with van der Waals surface area (Å²) >= 11 is 1.43. The number of hydrogen-bond acceptors (Lipinski definition) is 6. The van der Waals surface area contributed by atoms with Crippen LogP contribution in [0.4, 0.5) is 5.69 Å². The minimum absolute atomic E-state index is 0.100. The minimum atomic E-state index is -1.22. The number of rotatable bonds is 14. The van der Waals surface area contributed by atoms with Gasteiger partial charge in [-0.1, -0.05) is 72.8 Å². The van der Waals surface area contributed by atoms with Crippen LogP contribution >= 0.6 is 11.8 Å². The molecule has 5 N–H and O–H groups in total. The lowest BCUT2D eigenvalue weighted by Gasteiger charge is -2.27. The van der Waals surface area contributed by atoms with Gasteiger partial charge in [-0.3, -0.25) is 24.1 Å². The molecule has 2 amide bonds. The second-order valence-corrected chi connectivity index (χ2v) is 9.83. The maximum Gasteiger partial charge on any atom is 0.323 e. The van der Waals surface area contributed by atoms with E-state index in [2.05, 4.69) is 5.32 Å². The van der Waals surface area contributed by atoms with Crippen LogP contribution in [0, 0.1) is 0 Å². The van der Waals surface area contributed by atoms with E-state index in [1.165, 1.54) is 11.8 Å². The van der Waals surface area contributed by atoms with Crippen molar-refractivity contribution in [2.45, 2.75) is 30.7 Å². The third-order valence-corrected chi connectivity index (χ3v) is 6.99. The van der Waals surface area contributed by atoms with E-state index < -0.39 is 42.4 Å². The van der Waals surface area contributed by atoms with E-state index in [4.69, 9.17) is 10.8 Å². The molecule has 0 spiro atoms. The van der Waals surface area contributed by atoms with E-state index in [0.29, 0.717) is 11.4 Å². The Kier molecular flexibility index (Phi) is 11.1. The molecular formula is C29H31N3O6S. The highest BCUT2D eigenvalue weighted by Gasteiger charge is 2.29. The van der Waals surface area contributed by atoms with Crippen molar-refractivity contribution < 1.29 is 29.4 Å². The summed E-state index contributed by atoms with van der Waals surface area (Å²) in [6, 6.07) is 23.9. The Morgan fingerprint density at radius 1 is 0.872 bits per heavy atom. The zero-order chi connectivity index (χ0) is 28.2. The third-order valence-electron chi connectivity index (χ3n) is 5.90. The zero-order valence-corrected chi connectivity index (χ0v) is 22.0. The van der Waals surface area contributed by atoms with Crippen molar-refractivity contribution in [3.63, 3.8) is 0 Å². The predicted molar refractivity (Wildman–Crippen MR) is 151 cm³/mol. The fourth-order valence-corrected chi connectivity index (χ4v) is 4.96. The first-order valence-corrected chi connectivity index (χ1v) is 13.5. The molecule has 0 saturated carbocycles. The molecule has 0 aliphatic rings. The number of nitrogens with two attached hydrogens (primary N) is 1. The average molecular weight is 550 g/mol. The smallest absolute Gasteiger partial charge is 0.323 e. The topological polar surface area (TPSA) is 150 Å². The summed E-state index contributed by atoms with van der Waals surface area (Å²) in [5.41, 5.74) is 9.06. The van der Waals surface area contributed by atoms with E-state index in [0.717, 1.165) is 21.6 Å². The van der Waals surface area contributed by atoms with Gasteiger partial charge in [0.1, 0.15) is 18.6 Å². The number of carboxylic acid groups (broad SMARTS) is 2. The first-order valence-electron chi connectivity index (χ1n) is 12.3. The van der Waals surface area contributed by atoms with Crippen molar-refractivity contribution in [3.8, 4) is 11.1 Å². The quantitative estimate of drug-likeness (QED) is 0.239. The number of carbonyl (C=O) groups excluding carboxylic acids is 2. The van der Waals surface area contributed by atoms with Gasteiger partial charge < -0.3 is 21.3 Å². The Morgan fingerprint density at radius 3 is 2.13 bits per heavy atom. The standard InChI is InChI=1S/C29H31N3O6S/c30-24(29(37)38)15-16-26(33)31-25(28(36)32(17-27(34)35)22-12-5-2-6-13-22)19-39-18-21-11-7-8-14-23(21)20-9-3-1-4-10-20/h1-14,24-25H,15-19,30H2,(H,31,33)(H,34,35)(H,37,38)/t24-,25-/m0/s1. The highest BCUT2D eigenvalue weighted by Crippen LogP contribution is 2.27. The van der Waals surface area contributed by atoms with Gasteiger partial charge in [-0.05, 0) is 35.2 Å². The van der Waals surface area contributed by atoms with Crippen LogP contribution in [0.5, 0.6) is 0 Å².